The molecule has 90 valence electrons. The van der Waals surface area contributed by atoms with Crippen molar-refractivity contribution in [1.29, 1.82) is 0 Å². The lowest BCUT2D eigenvalue weighted by atomic mass is 9.78. The zero-order valence-corrected chi connectivity index (χ0v) is 11.1. The molecule has 0 unspecified atom stereocenters. The van der Waals surface area contributed by atoms with Gasteiger partial charge in [0.05, 0.1) is 0 Å². The Kier molecular flexibility index (Phi) is 5.07. The van der Waals surface area contributed by atoms with E-state index in [0.717, 1.165) is 0 Å². The van der Waals surface area contributed by atoms with Gasteiger partial charge in [-0.2, -0.15) is 0 Å². The fourth-order valence-electron chi connectivity index (χ4n) is 2.91. The molecule has 2 aliphatic heterocycles. The lowest BCUT2D eigenvalue weighted by Crippen LogP contribution is -2.41. The second-order valence-electron chi connectivity index (χ2n) is 4.92. The van der Waals surface area contributed by atoms with Gasteiger partial charge in [0.25, 0.3) is 0 Å². The van der Waals surface area contributed by atoms with Crippen molar-refractivity contribution < 1.29 is 0 Å². The Morgan fingerprint density at radius 3 is 1.93 bits per heavy atom. The van der Waals surface area contributed by atoms with E-state index in [1.54, 1.807) is 0 Å². The molecule has 2 fully saturated rings. The van der Waals surface area contributed by atoms with Gasteiger partial charge >= 0.3 is 0 Å². The van der Waals surface area contributed by atoms with Gasteiger partial charge in [0.15, 0.2) is 0 Å². The van der Waals surface area contributed by atoms with Crippen molar-refractivity contribution in [2.75, 3.05) is 39.8 Å². The highest BCUT2D eigenvalue weighted by Gasteiger charge is 2.38. The highest BCUT2D eigenvalue weighted by atomic mass is 15.2. The van der Waals surface area contributed by atoms with Gasteiger partial charge in [0, 0.05) is 6.54 Å². The topological polar surface area (TPSA) is 6.48 Å². The SMILES string of the molecule is CC.CCN1CCC2(CCN(C)C2)CC1. The minimum atomic E-state index is 0.709. The third kappa shape index (κ3) is 3.18. The molecule has 15 heavy (non-hydrogen) atoms. The lowest BCUT2D eigenvalue weighted by molar-refractivity contribution is 0.115. The number of piperidine rings is 1. The van der Waals surface area contributed by atoms with Gasteiger partial charge in [-0.05, 0) is 57.9 Å². The van der Waals surface area contributed by atoms with Crippen molar-refractivity contribution in [3.63, 3.8) is 0 Å². The second-order valence-corrected chi connectivity index (χ2v) is 4.92. The van der Waals surface area contributed by atoms with Crippen LogP contribution in [0.3, 0.4) is 0 Å². The quantitative estimate of drug-likeness (QED) is 0.659. The minimum Gasteiger partial charge on any atom is -0.306 e. The highest BCUT2D eigenvalue weighted by Crippen LogP contribution is 2.39. The summed E-state index contributed by atoms with van der Waals surface area (Å²) in [7, 11) is 2.26. The largest absolute Gasteiger partial charge is 0.306 e. The first-order chi connectivity index (χ1) is 7.24. The third-order valence-corrected chi connectivity index (χ3v) is 3.99. The van der Waals surface area contributed by atoms with E-state index in [4.69, 9.17) is 0 Å². The summed E-state index contributed by atoms with van der Waals surface area (Å²) in [6.07, 6.45) is 4.32. The standard InChI is InChI=1S/C11H22N2.C2H6/c1-3-13-8-5-11(6-9-13)4-7-12(2)10-11;1-2/h3-10H2,1-2H3;1-2H3. The maximum atomic E-state index is 2.59. The zero-order valence-electron chi connectivity index (χ0n) is 11.1. The van der Waals surface area contributed by atoms with Crippen LogP contribution in [0.2, 0.25) is 0 Å². The molecule has 0 aliphatic carbocycles. The van der Waals surface area contributed by atoms with Crippen LogP contribution >= 0.6 is 0 Å². The summed E-state index contributed by atoms with van der Waals surface area (Å²) in [5.74, 6) is 0. The van der Waals surface area contributed by atoms with Gasteiger partial charge in [-0.3, -0.25) is 0 Å². The Labute approximate surface area is 95.6 Å². The van der Waals surface area contributed by atoms with E-state index in [1.165, 1.54) is 52.0 Å². The number of likely N-dealkylation sites (tertiary alicyclic amines) is 2. The molecule has 0 saturated carbocycles. The summed E-state index contributed by atoms with van der Waals surface area (Å²) >= 11 is 0. The van der Waals surface area contributed by atoms with Crippen LogP contribution < -0.4 is 0 Å². The molecule has 2 heteroatoms. The first-order valence-electron chi connectivity index (χ1n) is 6.65. The summed E-state index contributed by atoms with van der Waals surface area (Å²) < 4.78 is 0. The minimum absolute atomic E-state index is 0.709. The Bertz CT molecular complexity index is 171. The average Bonchev–Trinajstić information content (AvgIpc) is 2.64. The number of rotatable bonds is 1. The van der Waals surface area contributed by atoms with Crippen molar-refractivity contribution in [3.05, 3.63) is 0 Å². The molecule has 0 amide bonds. The van der Waals surface area contributed by atoms with Crippen molar-refractivity contribution in [2.45, 2.75) is 40.0 Å². The summed E-state index contributed by atoms with van der Waals surface area (Å²) in [6.45, 7) is 12.9. The molecule has 0 atom stereocenters. The van der Waals surface area contributed by atoms with E-state index in [9.17, 15) is 0 Å². The van der Waals surface area contributed by atoms with E-state index in [1.807, 2.05) is 13.8 Å². The van der Waals surface area contributed by atoms with E-state index >= 15 is 0 Å². The predicted octanol–water partition coefficient (Wildman–Crippen LogP) is 2.45. The van der Waals surface area contributed by atoms with E-state index in [-0.39, 0.29) is 0 Å². The smallest absolute Gasteiger partial charge is 0.00364 e. The molecule has 0 aromatic carbocycles. The van der Waals surface area contributed by atoms with Gasteiger partial charge in [-0.25, -0.2) is 0 Å². The summed E-state index contributed by atoms with van der Waals surface area (Å²) in [6, 6.07) is 0. The second kappa shape index (κ2) is 5.86. The molecule has 2 heterocycles. The summed E-state index contributed by atoms with van der Waals surface area (Å²) in [5.41, 5.74) is 0.709. The maximum Gasteiger partial charge on any atom is 0.00364 e. The van der Waals surface area contributed by atoms with Gasteiger partial charge < -0.3 is 9.80 Å². The summed E-state index contributed by atoms with van der Waals surface area (Å²) in [4.78, 5) is 5.09. The first kappa shape index (κ1) is 13.0. The van der Waals surface area contributed by atoms with Crippen molar-refractivity contribution >= 4 is 0 Å². The molecule has 0 aromatic rings. The van der Waals surface area contributed by atoms with Crippen LogP contribution in [0, 0.1) is 5.41 Å². The van der Waals surface area contributed by atoms with Gasteiger partial charge in [-0.15, -0.1) is 0 Å². The molecule has 2 saturated heterocycles. The zero-order chi connectivity index (χ0) is 11.3. The van der Waals surface area contributed by atoms with Gasteiger partial charge in [-0.1, -0.05) is 20.8 Å². The van der Waals surface area contributed by atoms with E-state index in [2.05, 4.69) is 23.8 Å². The van der Waals surface area contributed by atoms with E-state index < -0.39 is 0 Å². The van der Waals surface area contributed by atoms with Crippen molar-refractivity contribution in [1.82, 2.24) is 9.80 Å². The Morgan fingerprint density at radius 2 is 1.53 bits per heavy atom. The molecule has 2 nitrogen and oxygen atoms in total. The van der Waals surface area contributed by atoms with Crippen LogP contribution in [-0.4, -0.2) is 49.6 Å². The number of hydrogen-bond donors (Lipinski definition) is 0. The average molecular weight is 212 g/mol. The van der Waals surface area contributed by atoms with Crippen LogP contribution in [0.15, 0.2) is 0 Å². The molecule has 0 radical (unpaired) electrons. The molecular weight excluding hydrogens is 184 g/mol. The first-order valence-corrected chi connectivity index (χ1v) is 6.65. The van der Waals surface area contributed by atoms with Crippen LogP contribution in [-0.2, 0) is 0 Å². The fourth-order valence-corrected chi connectivity index (χ4v) is 2.91. The molecule has 2 aliphatic rings. The lowest BCUT2D eigenvalue weighted by Gasteiger charge is -2.38. The Hall–Kier alpha value is -0.0800. The molecular formula is C13H28N2. The highest BCUT2D eigenvalue weighted by molar-refractivity contribution is 4.92. The van der Waals surface area contributed by atoms with Crippen LogP contribution in [0.4, 0.5) is 0 Å². The molecule has 0 N–H and O–H groups in total. The Morgan fingerprint density at radius 1 is 1.00 bits per heavy atom. The molecule has 2 rings (SSSR count). The van der Waals surface area contributed by atoms with Gasteiger partial charge in [0.1, 0.15) is 0 Å². The number of hydrogen-bond acceptors (Lipinski definition) is 2. The monoisotopic (exact) mass is 212 g/mol. The van der Waals surface area contributed by atoms with Crippen LogP contribution in [0.1, 0.15) is 40.0 Å². The van der Waals surface area contributed by atoms with Crippen LogP contribution in [0.5, 0.6) is 0 Å². The van der Waals surface area contributed by atoms with Crippen molar-refractivity contribution in [2.24, 2.45) is 5.41 Å². The fraction of sp³-hybridized carbons (Fsp3) is 1.00. The third-order valence-electron chi connectivity index (χ3n) is 3.99. The Balaban J connectivity index is 0.000000531. The van der Waals surface area contributed by atoms with Gasteiger partial charge in [0.2, 0.25) is 0 Å². The normalized spacial score (nSPS) is 26.4. The molecule has 1 spiro atoms. The maximum absolute atomic E-state index is 2.59. The van der Waals surface area contributed by atoms with Crippen LogP contribution in [0.25, 0.3) is 0 Å². The molecule has 0 aromatic heterocycles. The number of nitrogens with zero attached hydrogens (tertiary/aromatic N) is 2. The summed E-state index contributed by atoms with van der Waals surface area (Å²) in [5, 5.41) is 0. The van der Waals surface area contributed by atoms with Crippen molar-refractivity contribution in [3.8, 4) is 0 Å². The molecule has 0 bridgehead atoms. The predicted molar refractivity (Wildman–Crippen MR) is 67.2 cm³/mol. The van der Waals surface area contributed by atoms with E-state index in [0.29, 0.717) is 5.41 Å².